The summed E-state index contributed by atoms with van der Waals surface area (Å²) >= 11 is 0.806. The lowest BCUT2D eigenvalue weighted by Crippen LogP contribution is -2.62. The van der Waals surface area contributed by atoms with Crippen LogP contribution in [0.1, 0.15) is 162 Å². The van der Waals surface area contributed by atoms with Gasteiger partial charge in [0, 0.05) is 125 Å². The molecule has 0 saturated carbocycles. The average molecular weight is 1870 g/mol. The molecule has 8 rings (SSSR count). The van der Waals surface area contributed by atoms with E-state index in [0.717, 1.165) is 37.4 Å². The number of aromatic nitrogens is 4. The maximum Gasteiger partial charge on any atom is 0.246 e. The second kappa shape index (κ2) is 51.0. The first-order valence-corrected chi connectivity index (χ1v) is 45.8. The second-order valence-electron chi connectivity index (χ2n) is 34.8. The number of para-hydroxylation sites is 2. The predicted molar refractivity (Wildman–Crippen MR) is 501 cm³/mol. The van der Waals surface area contributed by atoms with Gasteiger partial charge in [0.25, 0.3) is 0 Å². The van der Waals surface area contributed by atoms with Crippen LogP contribution in [0.4, 0.5) is 0 Å². The average Bonchev–Trinajstić information content (AvgIpc) is 1.73. The number of hydrogen-bond donors (Lipinski definition) is 17. The summed E-state index contributed by atoms with van der Waals surface area (Å²) in [4.78, 5) is 268. The molecule has 6 aromatic rings. The molecule has 0 spiro atoms. The number of benzene rings is 3. The number of nitrogens with zero attached hydrogens (tertiary/aromatic N) is 6. The molecule has 0 bridgehead atoms. The van der Waals surface area contributed by atoms with Crippen molar-refractivity contribution in [1.82, 2.24) is 97.6 Å². The van der Waals surface area contributed by atoms with Crippen LogP contribution >= 0.6 is 11.8 Å². The van der Waals surface area contributed by atoms with Gasteiger partial charge in [-0.1, -0.05) is 128 Å². The Balaban J connectivity index is 0.0000242. The summed E-state index contributed by atoms with van der Waals surface area (Å²) in [7, 11) is 5.41. The highest BCUT2D eigenvalue weighted by Gasteiger charge is 2.45. The second-order valence-corrected chi connectivity index (χ2v) is 35.8. The van der Waals surface area contributed by atoms with Gasteiger partial charge in [-0.05, 0) is 107 Å². The number of nitrogens with one attached hydrogen (secondary N) is 14. The number of primary amides is 2. The number of hydrogen-bond acceptors (Lipinski definition) is 20. The zero-order chi connectivity index (χ0) is 96.8. The highest BCUT2D eigenvalue weighted by molar-refractivity contribution is 8.00. The molecule has 40 nitrogen and oxygen atoms in total. The van der Waals surface area contributed by atoms with Crippen LogP contribution in [-0.4, -0.2) is 289 Å². The minimum Gasteiger partial charge on any atom is -0.370 e. The molecule has 2 saturated heterocycles. The van der Waals surface area contributed by atoms with Crippen LogP contribution in [0.25, 0.3) is 21.8 Å². The van der Waals surface area contributed by atoms with E-state index in [1.165, 1.54) is 71.3 Å². The topological polar surface area (TPSA) is 589 Å². The Morgan fingerprint density at radius 2 is 1.16 bits per heavy atom. The Kier molecular flexibility index (Phi) is 40.9. The summed E-state index contributed by atoms with van der Waals surface area (Å²) < 4.78 is 0. The summed E-state index contributed by atoms with van der Waals surface area (Å²) in [5.74, 6) is -17.2. The van der Waals surface area contributed by atoms with Crippen LogP contribution in [0.2, 0.25) is 0 Å². The number of likely N-dealkylation sites (N-methyl/N-ethyl adjacent to an activating group) is 4. The maximum atomic E-state index is 15.8. The Morgan fingerprint density at radius 3 is 1.77 bits per heavy atom. The highest BCUT2D eigenvalue weighted by Crippen LogP contribution is 2.28. The molecule has 2 aliphatic heterocycles. The molecule has 3 aromatic carbocycles. The number of carbonyl (C=O) groups excluding carboxylic acids is 17. The largest absolute Gasteiger partial charge is 0.370 e. The SMILES string of the molecule is C.CCCC[C@H]1C(=O)N(C)[C@@H](CCCC)C(=O)N[C@@H](CCCNC(=N)N)C(=O)N[C@H](C(=O)NCC(N)=O)CSCC(=O)N[C@@H](Cc2ccccc2)C(=O)N(C)[C@@H](C)C(=O)N[C@@H](CC(N)=O)C(=O)N2CCC[C@H]2C(=O)N[C@@H](Cc2cnc[nH]2)C(=O)N[C@@H](CC(C)C)C(=O)N(C)CC(=O)C[C@@H](Cc2c[nH]c3ccccc23)C(=O)NC(C)(C)C(=O)N[C@@H](Cc2c[nH]c3ccccc23)C(=O)N1C. The van der Waals surface area contributed by atoms with Crippen LogP contribution in [0.5, 0.6) is 0 Å². The highest BCUT2D eigenvalue weighted by atomic mass is 32.2. The van der Waals surface area contributed by atoms with Gasteiger partial charge in [0.05, 0.1) is 31.6 Å². The number of nitrogens with two attached hydrogens (primary N) is 3. The number of ketones is 1. The van der Waals surface area contributed by atoms with Crippen molar-refractivity contribution >= 4 is 140 Å². The first kappa shape index (κ1) is 107. The zero-order valence-electron chi connectivity index (χ0n) is 76.8. The van der Waals surface area contributed by atoms with Gasteiger partial charge in [-0.25, -0.2) is 4.98 Å². The van der Waals surface area contributed by atoms with E-state index in [9.17, 15) is 57.5 Å². The lowest BCUT2D eigenvalue weighted by Gasteiger charge is -2.37. The minimum absolute atomic E-state index is 0. The number of rotatable bonds is 25. The van der Waals surface area contributed by atoms with Crippen molar-refractivity contribution in [3.05, 3.63) is 126 Å². The molecule has 3 aromatic heterocycles. The first-order chi connectivity index (χ1) is 62.7. The van der Waals surface area contributed by atoms with Crippen LogP contribution < -0.4 is 70.4 Å². The van der Waals surface area contributed by atoms with Gasteiger partial charge < -0.3 is 110 Å². The molecular weight excluding hydrogens is 1730 g/mol. The fourth-order valence-electron chi connectivity index (χ4n) is 16.1. The molecule has 12 atom stereocenters. The molecule has 0 unspecified atom stereocenters. The number of imidazole rings is 1. The van der Waals surface area contributed by atoms with Crippen molar-refractivity contribution in [2.45, 2.75) is 237 Å². The molecule has 20 N–H and O–H groups in total. The van der Waals surface area contributed by atoms with Crippen molar-refractivity contribution in [1.29, 1.82) is 5.41 Å². The van der Waals surface area contributed by atoms with Gasteiger partial charge in [0.2, 0.25) is 94.5 Å². The van der Waals surface area contributed by atoms with Crippen LogP contribution in [-0.2, 0) is 107 Å². The normalized spacial score (nSPS) is 23.2. The third-order valence-electron chi connectivity index (χ3n) is 23.6. The maximum absolute atomic E-state index is 15.8. The number of fused-ring (bicyclic) bond motifs is 3. The van der Waals surface area contributed by atoms with E-state index in [0.29, 0.717) is 59.0 Å². The van der Waals surface area contributed by atoms with Gasteiger partial charge in [-0.3, -0.25) is 86.9 Å². The number of Topliss-reactive ketones (excluding diaryl/α,β-unsaturated/α-hetero) is 1. The summed E-state index contributed by atoms with van der Waals surface area (Å²) in [6, 6.07) is 7.04. The number of unbranched alkanes of at least 4 members (excludes halogenated alkanes) is 2. The minimum atomic E-state index is -1.88. The molecule has 0 radical (unpaired) electrons. The number of H-pyrrole nitrogens is 3. The van der Waals surface area contributed by atoms with Crippen LogP contribution in [0.3, 0.4) is 0 Å². The molecule has 41 heteroatoms. The van der Waals surface area contributed by atoms with Gasteiger partial charge in [0.15, 0.2) is 11.7 Å². The van der Waals surface area contributed by atoms with E-state index < -0.39 is 222 Å². The third-order valence-corrected chi connectivity index (χ3v) is 24.6. The molecule has 5 heterocycles. The summed E-state index contributed by atoms with van der Waals surface area (Å²) in [5.41, 5.74) is 18.5. The van der Waals surface area contributed by atoms with Gasteiger partial charge in [0.1, 0.15) is 72.0 Å². The standard InChI is InChI=1S/C91H129N23O17S.CH4/c1-12-14-32-71-82(124)103-64(31-23-35-97-90(94)95)80(122)107-70(79(121)100-47-75(93)117)49-132-50-76(118)102-67(38-54-25-17-16-18-26-54)85(127)111(9)53(5)77(119)105-69(43-74(92)116)87(129)114-36-24-34-72(114)83(125)104-65(42-58-46-96-51-101-58)81(123)106-66(37-52(3)4)84(126)110(8)48-59(115)40-55(39-56-44-98-62-29-21-19-27-60(56)62)78(120)109-91(6,7)89(131)108-68(41-57-45-99-63-30-22-20-28-61(57)63)86(128)113(11)73(33-15-13-2)88(130)112(71)10;/h16-22,25-30,44-46,51-53,55,64-73,98-99H,12-15,23-24,31-43,47-50H2,1-11H3,(H2,92,116)(H2,93,117)(H,96,101)(H,100,121)(H,102,118)(H,103,124)(H,104,125)(H,105,119)(H,106,123)(H,107,122)(H,108,131)(H,109,120)(H4,94,95,97);1H4/t53-,55+,64-,65-,66-,67-,68-,69-,70-,71-,72-,73-;/m0./s1. The molecule has 0 aliphatic carbocycles. The van der Waals surface area contributed by atoms with E-state index >= 15 is 24.0 Å². The smallest absolute Gasteiger partial charge is 0.246 e. The molecule has 2 fully saturated rings. The summed E-state index contributed by atoms with van der Waals surface area (Å²) in [5, 5.41) is 36.3. The number of aromatic amines is 3. The zero-order valence-corrected chi connectivity index (χ0v) is 77.7. The fourth-order valence-corrected chi connectivity index (χ4v) is 17.0. The Hall–Kier alpha value is -13.2. The monoisotopic (exact) mass is 1860 g/mol. The molecule has 16 amide bonds. The van der Waals surface area contributed by atoms with Crippen molar-refractivity contribution in [2.75, 3.05) is 65.9 Å². The van der Waals surface area contributed by atoms with E-state index in [1.807, 2.05) is 50.2 Å². The first-order valence-electron chi connectivity index (χ1n) is 44.6. The van der Waals surface area contributed by atoms with Gasteiger partial charge in [-0.15, -0.1) is 11.8 Å². The lowest BCUT2D eigenvalue weighted by atomic mass is 9.91. The number of guanidine groups is 1. The number of thioether (sulfide) groups is 1. The molecule has 724 valence electrons. The molecule has 2 aliphatic rings. The lowest BCUT2D eigenvalue weighted by molar-refractivity contribution is -0.149. The Labute approximate surface area is 778 Å². The summed E-state index contributed by atoms with van der Waals surface area (Å²) in [6.07, 6.45) is 6.24. The van der Waals surface area contributed by atoms with Crippen molar-refractivity contribution < 1.29 is 81.5 Å². The predicted octanol–water partition coefficient (Wildman–Crippen LogP) is 1.01. The molecular formula is C92H133N23O17S. The quantitative estimate of drug-likeness (QED) is 0.0216. The van der Waals surface area contributed by atoms with Gasteiger partial charge >= 0.3 is 0 Å². The van der Waals surface area contributed by atoms with Crippen molar-refractivity contribution in [3.8, 4) is 0 Å². The van der Waals surface area contributed by atoms with Gasteiger partial charge in [-0.2, -0.15) is 0 Å². The van der Waals surface area contributed by atoms with E-state index in [1.54, 1.807) is 68.7 Å². The van der Waals surface area contributed by atoms with E-state index in [4.69, 9.17) is 22.6 Å². The summed E-state index contributed by atoms with van der Waals surface area (Å²) in [6.45, 7) is 10.1. The Bertz CT molecular complexity index is 5080. The van der Waals surface area contributed by atoms with Crippen molar-refractivity contribution in [2.24, 2.45) is 29.0 Å². The van der Waals surface area contributed by atoms with Crippen LogP contribution in [0.15, 0.2) is 104 Å². The number of amides is 16. The Morgan fingerprint density at radius 1 is 0.579 bits per heavy atom. The van der Waals surface area contributed by atoms with Crippen LogP contribution in [0, 0.1) is 17.2 Å². The fraction of sp³-hybridized carbons (Fsp3) is 0.533. The number of carbonyl (C=O) groups is 17. The van der Waals surface area contributed by atoms with Crippen molar-refractivity contribution in [3.63, 3.8) is 0 Å². The van der Waals surface area contributed by atoms with E-state index in [-0.39, 0.29) is 97.1 Å². The molecule has 133 heavy (non-hydrogen) atoms. The van der Waals surface area contributed by atoms with E-state index in [2.05, 4.69) is 73.1 Å². The third kappa shape index (κ3) is 30.9.